The molecule has 0 saturated heterocycles. The number of rotatable bonds is 7. The molecule has 0 bridgehead atoms. The van der Waals surface area contributed by atoms with Crippen molar-refractivity contribution in [3.05, 3.63) is 23.4 Å². The molecule has 0 radical (unpaired) electrons. The molecule has 0 saturated carbocycles. The summed E-state index contributed by atoms with van der Waals surface area (Å²) in [7, 11) is 4.14. The van der Waals surface area contributed by atoms with Crippen LogP contribution in [-0.4, -0.2) is 49.9 Å². The van der Waals surface area contributed by atoms with Gasteiger partial charge < -0.3 is 9.80 Å². The molecule has 1 heterocycles. The van der Waals surface area contributed by atoms with Crippen LogP contribution in [0.4, 0.5) is 5.82 Å². The summed E-state index contributed by atoms with van der Waals surface area (Å²) in [5.74, 6) is 0.990. The average molecular weight is 249 g/mol. The molecule has 0 N–H and O–H groups in total. The van der Waals surface area contributed by atoms with Crippen LogP contribution in [-0.2, 0) is 0 Å². The van der Waals surface area contributed by atoms with Gasteiger partial charge in [-0.15, -0.1) is 0 Å². The zero-order valence-corrected chi connectivity index (χ0v) is 11.8. The molecule has 100 valence electrons. The van der Waals surface area contributed by atoms with Crippen LogP contribution in [0.3, 0.4) is 0 Å². The standard InChI is InChI=1S/C14H23N3O/c1-5-6-17(8-7-16(3)4)14-12(2)9-13(11-18)10-15-14/h9-11H,5-8H2,1-4H3. The zero-order chi connectivity index (χ0) is 13.5. The van der Waals surface area contributed by atoms with E-state index in [1.54, 1.807) is 6.20 Å². The van der Waals surface area contributed by atoms with Gasteiger partial charge >= 0.3 is 0 Å². The van der Waals surface area contributed by atoms with Crippen LogP contribution >= 0.6 is 0 Å². The fourth-order valence-electron chi connectivity index (χ4n) is 1.90. The smallest absolute Gasteiger partial charge is 0.151 e. The van der Waals surface area contributed by atoms with Gasteiger partial charge in [0.2, 0.25) is 0 Å². The fourth-order valence-corrected chi connectivity index (χ4v) is 1.90. The third-order valence-electron chi connectivity index (χ3n) is 2.82. The number of carbonyl (C=O) groups is 1. The molecular formula is C14H23N3O. The van der Waals surface area contributed by atoms with Crippen LogP contribution in [0.1, 0.15) is 29.3 Å². The van der Waals surface area contributed by atoms with E-state index in [2.05, 4.69) is 35.8 Å². The topological polar surface area (TPSA) is 36.4 Å². The van der Waals surface area contributed by atoms with E-state index in [1.165, 1.54) is 0 Å². The number of aryl methyl sites for hydroxylation is 1. The summed E-state index contributed by atoms with van der Waals surface area (Å²) in [4.78, 5) is 19.6. The van der Waals surface area contributed by atoms with Gasteiger partial charge in [-0.05, 0) is 39.1 Å². The van der Waals surface area contributed by atoms with Crippen LogP contribution < -0.4 is 4.90 Å². The summed E-state index contributed by atoms with van der Waals surface area (Å²) >= 11 is 0. The molecule has 0 aliphatic rings. The summed E-state index contributed by atoms with van der Waals surface area (Å²) in [5.41, 5.74) is 1.70. The third-order valence-corrected chi connectivity index (χ3v) is 2.82. The van der Waals surface area contributed by atoms with Crippen LogP contribution in [0.5, 0.6) is 0 Å². The Labute approximate surface area is 110 Å². The van der Waals surface area contributed by atoms with E-state index >= 15 is 0 Å². The molecular weight excluding hydrogens is 226 g/mol. The predicted octanol–water partition coefficient (Wildman–Crippen LogP) is 1.98. The van der Waals surface area contributed by atoms with Gasteiger partial charge in [-0.1, -0.05) is 6.92 Å². The van der Waals surface area contributed by atoms with E-state index in [0.717, 1.165) is 43.7 Å². The third kappa shape index (κ3) is 4.11. The highest BCUT2D eigenvalue weighted by Crippen LogP contribution is 2.17. The van der Waals surface area contributed by atoms with Gasteiger partial charge in [0.15, 0.2) is 6.29 Å². The first-order chi connectivity index (χ1) is 8.58. The summed E-state index contributed by atoms with van der Waals surface area (Å²) in [6, 6.07) is 1.90. The Morgan fingerprint density at radius 3 is 2.50 bits per heavy atom. The number of pyridine rings is 1. The van der Waals surface area contributed by atoms with Crippen molar-refractivity contribution in [1.29, 1.82) is 0 Å². The molecule has 18 heavy (non-hydrogen) atoms. The largest absolute Gasteiger partial charge is 0.355 e. The SMILES string of the molecule is CCCN(CCN(C)C)c1ncc(C=O)cc1C. The van der Waals surface area contributed by atoms with E-state index < -0.39 is 0 Å². The Hall–Kier alpha value is -1.42. The normalized spacial score (nSPS) is 10.7. The molecule has 0 spiro atoms. The minimum Gasteiger partial charge on any atom is -0.355 e. The van der Waals surface area contributed by atoms with Crippen LogP contribution in [0.2, 0.25) is 0 Å². The number of hydrogen-bond acceptors (Lipinski definition) is 4. The maximum Gasteiger partial charge on any atom is 0.151 e. The Morgan fingerprint density at radius 1 is 1.28 bits per heavy atom. The lowest BCUT2D eigenvalue weighted by Gasteiger charge is -2.26. The Bertz CT molecular complexity index is 391. The number of nitrogens with zero attached hydrogens (tertiary/aromatic N) is 3. The highest BCUT2D eigenvalue weighted by atomic mass is 16.1. The maximum absolute atomic E-state index is 10.7. The highest BCUT2D eigenvalue weighted by molar-refractivity contribution is 5.75. The van der Waals surface area contributed by atoms with Gasteiger partial charge in [-0.25, -0.2) is 4.98 Å². The van der Waals surface area contributed by atoms with Crippen LogP contribution in [0, 0.1) is 6.92 Å². The van der Waals surface area contributed by atoms with Gasteiger partial charge in [0, 0.05) is 31.4 Å². The number of likely N-dealkylation sites (N-methyl/N-ethyl adjacent to an activating group) is 1. The van der Waals surface area contributed by atoms with Crippen molar-refractivity contribution >= 4 is 12.1 Å². The Balaban J connectivity index is 2.87. The second kappa shape index (κ2) is 7.11. The lowest BCUT2D eigenvalue weighted by molar-refractivity contribution is 0.112. The Morgan fingerprint density at radius 2 is 2.00 bits per heavy atom. The van der Waals surface area contributed by atoms with E-state index in [4.69, 9.17) is 0 Å². The van der Waals surface area contributed by atoms with Crippen molar-refractivity contribution < 1.29 is 4.79 Å². The molecule has 1 aromatic rings. The monoisotopic (exact) mass is 249 g/mol. The quantitative estimate of drug-likeness (QED) is 0.692. The van der Waals surface area contributed by atoms with Crippen LogP contribution in [0.15, 0.2) is 12.3 Å². The number of hydrogen-bond donors (Lipinski definition) is 0. The van der Waals surface area contributed by atoms with Crippen molar-refractivity contribution in [3.8, 4) is 0 Å². The first-order valence-corrected chi connectivity index (χ1v) is 6.40. The minimum absolute atomic E-state index is 0.639. The van der Waals surface area contributed by atoms with Crippen molar-refractivity contribution in [2.24, 2.45) is 0 Å². The molecule has 0 amide bonds. The van der Waals surface area contributed by atoms with Gasteiger partial charge in [-0.2, -0.15) is 0 Å². The van der Waals surface area contributed by atoms with Crippen LogP contribution in [0.25, 0.3) is 0 Å². The number of aromatic nitrogens is 1. The molecule has 1 rings (SSSR count). The average Bonchev–Trinajstić information content (AvgIpc) is 2.34. The molecule has 0 aromatic carbocycles. The zero-order valence-electron chi connectivity index (χ0n) is 11.8. The summed E-state index contributed by atoms with van der Waals surface area (Å²) in [5, 5.41) is 0. The summed E-state index contributed by atoms with van der Waals surface area (Å²) in [6.45, 7) is 7.11. The maximum atomic E-state index is 10.7. The summed E-state index contributed by atoms with van der Waals surface area (Å²) in [6.07, 6.45) is 3.57. The summed E-state index contributed by atoms with van der Waals surface area (Å²) < 4.78 is 0. The van der Waals surface area contributed by atoms with Crippen molar-refractivity contribution in [2.75, 3.05) is 38.6 Å². The van der Waals surface area contributed by atoms with Gasteiger partial charge in [0.05, 0.1) is 0 Å². The van der Waals surface area contributed by atoms with E-state index in [-0.39, 0.29) is 0 Å². The Kier molecular flexibility index (Phi) is 5.78. The molecule has 0 fully saturated rings. The van der Waals surface area contributed by atoms with Crippen molar-refractivity contribution in [1.82, 2.24) is 9.88 Å². The molecule has 0 unspecified atom stereocenters. The first-order valence-electron chi connectivity index (χ1n) is 6.40. The van der Waals surface area contributed by atoms with Gasteiger partial charge in [0.25, 0.3) is 0 Å². The molecule has 1 aromatic heterocycles. The van der Waals surface area contributed by atoms with Gasteiger partial charge in [-0.3, -0.25) is 4.79 Å². The molecule has 0 atom stereocenters. The van der Waals surface area contributed by atoms with E-state index in [1.807, 2.05) is 13.0 Å². The fraction of sp³-hybridized carbons (Fsp3) is 0.571. The van der Waals surface area contributed by atoms with Gasteiger partial charge in [0.1, 0.15) is 5.82 Å². The second-order valence-corrected chi connectivity index (χ2v) is 4.82. The minimum atomic E-state index is 0.639. The molecule has 0 aliphatic carbocycles. The highest BCUT2D eigenvalue weighted by Gasteiger charge is 2.10. The lowest BCUT2D eigenvalue weighted by atomic mass is 10.2. The molecule has 4 heteroatoms. The second-order valence-electron chi connectivity index (χ2n) is 4.82. The predicted molar refractivity (Wildman–Crippen MR) is 75.4 cm³/mol. The van der Waals surface area contributed by atoms with E-state index in [9.17, 15) is 4.79 Å². The van der Waals surface area contributed by atoms with Crippen molar-refractivity contribution in [2.45, 2.75) is 20.3 Å². The van der Waals surface area contributed by atoms with Crippen molar-refractivity contribution in [3.63, 3.8) is 0 Å². The van der Waals surface area contributed by atoms with E-state index in [0.29, 0.717) is 5.56 Å². The lowest BCUT2D eigenvalue weighted by Crippen LogP contribution is -2.33. The number of aldehydes is 1. The number of anilines is 1. The number of carbonyl (C=O) groups excluding carboxylic acids is 1. The first kappa shape index (κ1) is 14.6. The molecule has 0 aliphatic heterocycles. The molecule has 4 nitrogen and oxygen atoms in total.